The van der Waals surface area contributed by atoms with Crippen LogP contribution in [0.1, 0.15) is 12.0 Å². The maximum atomic E-state index is 12.8. The fraction of sp³-hybridized carbons (Fsp3) is 0.278. The van der Waals surface area contributed by atoms with E-state index < -0.39 is 0 Å². The fourth-order valence-corrected chi connectivity index (χ4v) is 2.09. The molecule has 0 aromatic heterocycles. The number of methoxy groups -OCH3 is 1. The molecule has 0 unspecified atom stereocenters. The second kappa shape index (κ2) is 9.52. The molecule has 6 heteroatoms. The van der Waals surface area contributed by atoms with E-state index in [0.29, 0.717) is 31.9 Å². The summed E-state index contributed by atoms with van der Waals surface area (Å²) in [6.45, 7) is 1.34. The van der Waals surface area contributed by atoms with Gasteiger partial charge in [-0.25, -0.2) is 9.18 Å². The molecule has 2 rings (SSSR count). The molecule has 0 saturated heterocycles. The molecule has 2 aromatic rings. The molecule has 0 saturated carbocycles. The number of hydrogen-bond acceptors (Lipinski definition) is 3. The number of amides is 2. The lowest BCUT2D eigenvalue weighted by atomic mass is 10.2. The third-order valence-corrected chi connectivity index (χ3v) is 3.25. The summed E-state index contributed by atoms with van der Waals surface area (Å²) < 4.78 is 23.3. The third kappa shape index (κ3) is 5.89. The summed E-state index contributed by atoms with van der Waals surface area (Å²) in [4.78, 5) is 11.9. The standard InChI is InChI=1S/C18H21FN2O3/c1-23-13-14-5-2-3-6-17(14)21-18(22)20-11-4-12-24-16-9-7-15(19)8-10-16/h2-3,5-10H,4,11-13H2,1H3,(H2,20,21,22). The Morgan fingerprint density at radius 3 is 2.62 bits per heavy atom. The van der Waals surface area contributed by atoms with Crippen LogP contribution in [0.5, 0.6) is 5.75 Å². The molecule has 2 aromatic carbocycles. The lowest BCUT2D eigenvalue weighted by Gasteiger charge is -2.11. The van der Waals surface area contributed by atoms with Crippen LogP contribution in [0.2, 0.25) is 0 Å². The number of halogens is 1. The maximum absolute atomic E-state index is 12.8. The zero-order valence-electron chi connectivity index (χ0n) is 13.5. The highest BCUT2D eigenvalue weighted by atomic mass is 19.1. The normalized spacial score (nSPS) is 10.2. The predicted molar refractivity (Wildman–Crippen MR) is 90.7 cm³/mol. The van der Waals surface area contributed by atoms with Crippen LogP contribution in [-0.4, -0.2) is 26.3 Å². The summed E-state index contributed by atoms with van der Waals surface area (Å²) in [6, 6.07) is 13.0. The second-order valence-corrected chi connectivity index (χ2v) is 5.13. The molecule has 0 atom stereocenters. The lowest BCUT2D eigenvalue weighted by molar-refractivity contribution is 0.185. The van der Waals surface area contributed by atoms with Gasteiger partial charge in [0.05, 0.1) is 13.2 Å². The summed E-state index contributed by atoms with van der Waals surface area (Å²) >= 11 is 0. The third-order valence-electron chi connectivity index (χ3n) is 3.25. The van der Waals surface area contributed by atoms with E-state index >= 15 is 0 Å². The van der Waals surface area contributed by atoms with E-state index in [1.807, 2.05) is 24.3 Å². The van der Waals surface area contributed by atoms with Crippen LogP contribution in [0, 0.1) is 5.82 Å². The molecule has 0 fully saturated rings. The number of urea groups is 1. The topological polar surface area (TPSA) is 59.6 Å². The van der Waals surface area contributed by atoms with E-state index in [2.05, 4.69) is 10.6 Å². The van der Waals surface area contributed by atoms with E-state index in [9.17, 15) is 9.18 Å². The molecule has 2 N–H and O–H groups in total. The SMILES string of the molecule is COCc1ccccc1NC(=O)NCCCOc1ccc(F)cc1. The van der Waals surface area contributed by atoms with Crippen molar-refractivity contribution in [2.24, 2.45) is 0 Å². The minimum Gasteiger partial charge on any atom is -0.494 e. The number of benzene rings is 2. The molecule has 5 nitrogen and oxygen atoms in total. The van der Waals surface area contributed by atoms with Crippen molar-refractivity contribution in [3.05, 3.63) is 59.9 Å². The molecule has 0 spiro atoms. The van der Waals surface area contributed by atoms with Crippen molar-refractivity contribution in [3.63, 3.8) is 0 Å². The molecule has 24 heavy (non-hydrogen) atoms. The molecule has 0 heterocycles. The van der Waals surface area contributed by atoms with Gasteiger partial charge in [-0.2, -0.15) is 0 Å². The van der Waals surface area contributed by atoms with Gasteiger partial charge in [0, 0.05) is 24.9 Å². The fourth-order valence-electron chi connectivity index (χ4n) is 2.09. The summed E-state index contributed by atoms with van der Waals surface area (Å²) in [5.74, 6) is 0.309. The van der Waals surface area contributed by atoms with Crippen LogP contribution in [-0.2, 0) is 11.3 Å². The van der Waals surface area contributed by atoms with Crippen molar-refractivity contribution in [2.75, 3.05) is 25.6 Å². The highest BCUT2D eigenvalue weighted by Crippen LogP contribution is 2.15. The predicted octanol–water partition coefficient (Wildman–Crippen LogP) is 3.56. The van der Waals surface area contributed by atoms with Gasteiger partial charge >= 0.3 is 6.03 Å². The van der Waals surface area contributed by atoms with Gasteiger partial charge in [-0.15, -0.1) is 0 Å². The van der Waals surface area contributed by atoms with E-state index in [0.717, 1.165) is 11.3 Å². The molecule has 0 bridgehead atoms. The van der Waals surface area contributed by atoms with Crippen LogP contribution >= 0.6 is 0 Å². The monoisotopic (exact) mass is 332 g/mol. The molecular formula is C18H21FN2O3. The van der Waals surface area contributed by atoms with Crippen LogP contribution < -0.4 is 15.4 Å². The quantitative estimate of drug-likeness (QED) is 0.727. The molecule has 0 aliphatic rings. The number of ether oxygens (including phenoxy) is 2. The van der Waals surface area contributed by atoms with Gasteiger partial charge in [0.2, 0.25) is 0 Å². The highest BCUT2D eigenvalue weighted by molar-refractivity contribution is 5.90. The smallest absolute Gasteiger partial charge is 0.319 e. The van der Waals surface area contributed by atoms with Crippen molar-refractivity contribution in [1.29, 1.82) is 0 Å². The van der Waals surface area contributed by atoms with Gasteiger partial charge in [0.25, 0.3) is 0 Å². The van der Waals surface area contributed by atoms with Gasteiger partial charge in [0.1, 0.15) is 11.6 Å². The average molecular weight is 332 g/mol. The molecule has 0 aliphatic heterocycles. The molecule has 0 aliphatic carbocycles. The summed E-state index contributed by atoms with van der Waals surface area (Å²) in [5, 5.41) is 5.56. The minimum atomic E-state index is -0.297. The first-order chi connectivity index (χ1) is 11.7. The van der Waals surface area contributed by atoms with Gasteiger partial charge in [-0.05, 0) is 36.8 Å². The summed E-state index contributed by atoms with van der Waals surface area (Å²) in [6.07, 6.45) is 0.643. The molecule has 0 radical (unpaired) electrons. The first kappa shape index (κ1) is 17.7. The van der Waals surface area contributed by atoms with Crippen molar-refractivity contribution < 1.29 is 18.7 Å². The first-order valence-electron chi connectivity index (χ1n) is 7.69. The van der Waals surface area contributed by atoms with E-state index in [-0.39, 0.29) is 11.8 Å². The maximum Gasteiger partial charge on any atom is 0.319 e. The van der Waals surface area contributed by atoms with Gasteiger partial charge in [-0.1, -0.05) is 18.2 Å². The van der Waals surface area contributed by atoms with Crippen LogP contribution in [0.3, 0.4) is 0 Å². The lowest BCUT2D eigenvalue weighted by Crippen LogP contribution is -2.30. The van der Waals surface area contributed by atoms with E-state index in [1.165, 1.54) is 12.1 Å². The van der Waals surface area contributed by atoms with E-state index in [4.69, 9.17) is 9.47 Å². The summed E-state index contributed by atoms with van der Waals surface area (Å²) in [7, 11) is 1.61. The second-order valence-electron chi connectivity index (χ2n) is 5.13. The Morgan fingerprint density at radius 1 is 1.12 bits per heavy atom. The first-order valence-corrected chi connectivity index (χ1v) is 7.69. The Morgan fingerprint density at radius 2 is 1.88 bits per heavy atom. The van der Waals surface area contributed by atoms with Crippen molar-refractivity contribution in [3.8, 4) is 5.75 Å². The van der Waals surface area contributed by atoms with Crippen molar-refractivity contribution >= 4 is 11.7 Å². The summed E-state index contributed by atoms with van der Waals surface area (Å²) in [5.41, 5.74) is 1.63. The van der Waals surface area contributed by atoms with Crippen LogP contribution in [0.4, 0.5) is 14.9 Å². The molecular weight excluding hydrogens is 311 g/mol. The Hall–Kier alpha value is -2.60. The number of rotatable bonds is 8. The molecule has 2 amide bonds. The minimum absolute atomic E-state index is 0.277. The number of carbonyl (C=O) groups is 1. The Kier molecular flexibility index (Phi) is 7.04. The number of para-hydroxylation sites is 1. The van der Waals surface area contributed by atoms with Crippen molar-refractivity contribution in [1.82, 2.24) is 5.32 Å². The Bertz CT molecular complexity index is 647. The van der Waals surface area contributed by atoms with Gasteiger partial charge in [0.15, 0.2) is 0 Å². The van der Waals surface area contributed by atoms with Crippen molar-refractivity contribution in [2.45, 2.75) is 13.0 Å². The van der Waals surface area contributed by atoms with Gasteiger partial charge < -0.3 is 20.1 Å². The van der Waals surface area contributed by atoms with Crippen LogP contribution in [0.15, 0.2) is 48.5 Å². The number of carbonyl (C=O) groups excluding carboxylic acids is 1. The molecule has 128 valence electrons. The Labute approximate surface area is 140 Å². The van der Waals surface area contributed by atoms with Gasteiger partial charge in [-0.3, -0.25) is 0 Å². The zero-order valence-corrected chi connectivity index (χ0v) is 13.5. The zero-order chi connectivity index (χ0) is 17.2. The number of nitrogens with one attached hydrogen (secondary N) is 2. The largest absolute Gasteiger partial charge is 0.494 e. The Balaban J connectivity index is 1.67. The van der Waals surface area contributed by atoms with Crippen LogP contribution in [0.25, 0.3) is 0 Å². The number of anilines is 1. The highest BCUT2D eigenvalue weighted by Gasteiger charge is 2.05. The number of hydrogen-bond donors (Lipinski definition) is 2. The van der Waals surface area contributed by atoms with E-state index in [1.54, 1.807) is 19.2 Å². The average Bonchev–Trinajstić information content (AvgIpc) is 2.58.